The Morgan fingerprint density at radius 2 is 1.18 bits per heavy atom. The third-order valence-electron chi connectivity index (χ3n) is 1.71. The largest absolute Gasteiger partial charge is 0.300 e. The van der Waals surface area contributed by atoms with Crippen LogP contribution in [0.4, 0.5) is 0 Å². The molecule has 0 fully saturated rings. The Hall–Kier alpha value is -0.0800. The van der Waals surface area contributed by atoms with Crippen LogP contribution < -0.4 is 5.90 Å². The Morgan fingerprint density at radius 3 is 1.18 bits per heavy atom. The topological polar surface area (TPSA) is 35.2 Å². The average molecular weight is 159 g/mol. The molecule has 0 bridgehead atoms. The minimum absolute atomic E-state index is 0.0926. The van der Waals surface area contributed by atoms with E-state index in [0.29, 0.717) is 0 Å². The molecular weight excluding hydrogens is 138 g/mol. The van der Waals surface area contributed by atoms with Gasteiger partial charge >= 0.3 is 0 Å². The van der Waals surface area contributed by atoms with E-state index in [-0.39, 0.29) is 16.9 Å². The molecular formula is C9H21NO. The lowest BCUT2D eigenvalue weighted by Crippen LogP contribution is -2.42. The minimum Gasteiger partial charge on any atom is -0.300 e. The maximum Gasteiger partial charge on any atom is 0.0883 e. The molecule has 0 unspecified atom stereocenters. The van der Waals surface area contributed by atoms with Gasteiger partial charge in [0.2, 0.25) is 0 Å². The molecule has 0 spiro atoms. The molecule has 0 aliphatic carbocycles. The van der Waals surface area contributed by atoms with Gasteiger partial charge in [-0.25, -0.2) is 5.90 Å². The maximum absolute atomic E-state index is 5.25. The van der Waals surface area contributed by atoms with E-state index in [2.05, 4.69) is 41.5 Å². The lowest BCUT2D eigenvalue weighted by molar-refractivity contribution is -0.0839. The highest BCUT2D eigenvalue weighted by molar-refractivity contribution is 4.84. The van der Waals surface area contributed by atoms with Crippen molar-refractivity contribution in [2.75, 3.05) is 0 Å². The number of hydrogen-bond donors (Lipinski definition) is 1. The van der Waals surface area contributed by atoms with Crippen LogP contribution in [-0.2, 0) is 4.84 Å². The van der Waals surface area contributed by atoms with E-state index < -0.39 is 0 Å². The fourth-order valence-corrected chi connectivity index (χ4v) is 1.71. The maximum atomic E-state index is 5.25. The van der Waals surface area contributed by atoms with Crippen LogP contribution in [0.2, 0.25) is 0 Å². The summed E-state index contributed by atoms with van der Waals surface area (Å²) >= 11 is 0. The van der Waals surface area contributed by atoms with Crippen LogP contribution in [-0.4, -0.2) is 6.10 Å². The minimum atomic E-state index is 0.0926. The van der Waals surface area contributed by atoms with Crippen molar-refractivity contribution in [3.8, 4) is 0 Å². The standard InChI is InChI=1S/C9H21NO/c1-8(2,3)7(11-10)9(4,5)6/h7H,10H2,1-6H3. The molecule has 0 atom stereocenters. The lowest BCUT2D eigenvalue weighted by atomic mass is 9.74. The lowest BCUT2D eigenvalue weighted by Gasteiger charge is -2.38. The van der Waals surface area contributed by atoms with Gasteiger partial charge in [0.25, 0.3) is 0 Å². The third kappa shape index (κ3) is 3.21. The number of hydrogen-bond acceptors (Lipinski definition) is 2. The smallest absolute Gasteiger partial charge is 0.0883 e. The van der Waals surface area contributed by atoms with Crippen LogP contribution in [0.25, 0.3) is 0 Å². The SMILES string of the molecule is CC(C)(C)C(ON)C(C)(C)C. The van der Waals surface area contributed by atoms with Crippen molar-refractivity contribution in [2.45, 2.75) is 47.6 Å². The van der Waals surface area contributed by atoms with E-state index in [0.717, 1.165) is 0 Å². The summed E-state index contributed by atoms with van der Waals surface area (Å²) in [6.07, 6.45) is 0.0926. The fraction of sp³-hybridized carbons (Fsp3) is 1.00. The highest BCUT2D eigenvalue weighted by Gasteiger charge is 2.35. The molecule has 0 aromatic carbocycles. The van der Waals surface area contributed by atoms with Crippen LogP contribution in [0, 0.1) is 10.8 Å². The van der Waals surface area contributed by atoms with Gasteiger partial charge in [-0.3, -0.25) is 0 Å². The van der Waals surface area contributed by atoms with E-state index in [1.807, 2.05) is 0 Å². The van der Waals surface area contributed by atoms with Gasteiger partial charge in [-0.05, 0) is 10.8 Å². The van der Waals surface area contributed by atoms with E-state index in [1.165, 1.54) is 0 Å². The van der Waals surface area contributed by atoms with Gasteiger partial charge in [0.1, 0.15) is 0 Å². The quantitative estimate of drug-likeness (QED) is 0.596. The first-order valence-electron chi connectivity index (χ1n) is 4.05. The molecule has 11 heavy (non-hydrogen) atoms. The van der Waals surface area contributed by atoms with Gasteiger partial charge < -0.3 is 4.84 Å². The first kappa shape index (κ1) is 10.9. The fourth-order valence-electron chi connectivity index (χ4n) is 1.71. The van der Waals surface area contributed by atoms with Crippen molar-refractivity contribution in [3.05, 3.63) is 0 Å². The molecule has 2 N–H and O–H groups in total. The summed E-state index contributed by atoms with van der Waals surface area (Å²) in [7, 11) is 0. The Kier molecular flexibility index (Phi) is 3.09. The summed E-state index contributed by atoms with van der Waals surface area (Å²) in [5.41, 5.74) is 0.208. The second-order valence-electron chi connectivity index (χ2n) is 5.25. The first-order valence-corrected chi connectivity index (χ1v) is 4.05. The van der Waals surface area contributed by atoms with Crippen molar-refractivity contribution in [2.24, 2.45) is 16.7 Å². The molecule has 0 saturated carbocycles. The van der Waals surface area contributed by atoms with E-state index >= 15 is 0 Å². The van der Waals surface area contributed by atoms with E-state index in [1.54, 1.807) is 0 Å². The predicted molar refractivity (Wildman–Crippen MR) is 48.0 cm³/mol. The van der Waals surface area contributed by atoms with E-state index in [4.69, 9.17) is 10.7 Å². The molecule has 0 saturated heterocycles. The molecule has 0 aromatic heterocycles. The van der Waals surface area contributed by atoms with Gasteiger partial charge in [0.15, 0.2) is 0 Å². The van der Waals surface area contributed by atoms with Crippen molar-refractivity contribution >= 4 is 0 Å². The highest BCUT2D eigenvalue weighted by Crippen LogP contribution is 2.34. The van der Waals surface area contributed by atoms with Gasteiger partial charge in [0, 0.05) is 0 Å². The third-order valence-corrected chi connectivity index (χ3v) is 1.71. The molecule has 0 radical (unpaired) electrons. The second kappa shape index (κ2) is 3.11. The van der Waals surface area contributed by atoms with Gasteiger partial charge in [0.05, 0.1) is 6.10 Å². The zero-order valence-corrected chi connectivity index (χ0v) is 8.56. The van der Waals surface area contributed by atoms with Crippen LogP contribution >= 0.6 is 0 Å². The van der Waals surface area contributed by atoms with Crippen molar-refractivity contribution in [1.29, 1.82) is 0 Å². The predicted octanol–water partition coefficient (Wildman–Crippen LogP) is 2.34. The summed E-state index contributed by atoms with van der Waals surface area (Å²) in [4.78, 5) is 4.98. The normalized spacial score (nSPS) is 14.2. The Morgan fingerprint density at radius 1 is 0.909 bits per heavy atom. The summed E-state index contributed by atoms with van der Waals surface area (Å²) < 4.78 is 0. The Bertz CT molecular complexity index is 105. The monoisotopic (exact) mass is 159 g/mol. The molecule has 2 nitrogen and oxygen atoms in total. The van der Waals surface area contributed by atoms with Crippen LogP contribution in [0.3, 0.4) is 0 Å². The van der Waals surface area contributed by atoms with Crippen LogP contribution in [0.15, 0.2) is 0 Å². The zero-order chi connectivity index (χ0) is 9.28. The molecule has 0 amide bonds. The summed E-state index contributed by atoms with van der Waals surface area (Å²) in [5.74, 6) is 5.25. The molecule has 0 aromatic rings. The summed E-state index contributed by atoms with van der Waals surface area (Å²) in [6.45, 7) is 12.8. The van der Waals surface area contributed by atoms with Crippen LogP contribution in [0.5, 0.6) is 0 Å². The Balaban J connectivity index is 4.43. The number of rotatable bonds is 1. The summed E-state index contributed by atoms with van der Waals surface area (Å²) in [6, 6.07) is 0. The second-order valence-corrected chi connectivity index (χ2v) is 5.25. The summed E-state index contributed by atoms with van der Waals surface area (Å²) in [5, 5.41) is 0. The van der Waals surface area contributed by atoms with Crippen molar-refractivity contribution in [3.63, 3.8) is 0 Å². The number of nitrogens with two attached hydrogens (primary N) is 1. The first-order chi connectivity index (χ1) is 4.69. The zero-order valence-electron chi connectivity index (χ0n) is 8.56. The van der Waals surface area contributed by atoms with Gasteiger partial charge in [-0.15, -0.1) is 0 Å². The molecule has 0 aliphatic heterocycles. The van der Waals surface area contributed by atoms with Crippen molar-refractivity contribution in [1.82, 2.24) is 0 Å². The van der Waals surface area contributed by atoms with Crippen molar-refractivity contribution < 1.29 is 4.84 Å². The Labute approximate surface area is 70.1 Å². The van der Waals surface area contributed by atoms with E-state index in [9.17, 15) is 0 Å². The van der Waals surface area contributed by atoms with Crippen LogP contribution in [0.1, 0.15) is 41.5 Å². The van der Waals surface area contributed by atoms with Gasteiger partial charge in [-0.1, -0.05) is 41.5 Å². The highest BCUT2D eigenvalue weighted by atomic mass is 16.6. The molecule has 0 aliphatic rings. The average Bonchev–Trinajstić information content (AvgIpc) is 1.56. The molecule has 68 valence electrons. The molecule has 0 heterocycles. The van der Waals surface area contributed by atoms with Gasteiger partial charge in [-0.2, -0.15) is 0 Å². The molecule has 0 rings (SSSR count). The molecule has 2 heteroatoms.